The largest absolute Gasteiger partial charge is 0.496 e. The summed E-state index contributed by atoms with van der Waals surface area (Å²) in [6.07, 6.45) is 1.81. The van der Waals surface area contributed by atoms with Crippen molar-refractivity contribution < 1.29 is 19.1 Å². The maximum atomic E-state index is 12.3. The van der Waals surface area contributed by atoms with E-state index in [0.29, 0.717) is 17.1 Å². The summed E-state index contributed by atoms with van der Waals surface area (Å²) in [5, 5.41) is 0. The first-order valence-electron chi connectivity index (χ1n) is 6.30. The molecule has 0 N–H and O–H groups in total. The predicted molar refractivity (Wildman–Crippen MR) is 86.5 cm³/mol. The Morgan fingerprint density at radius 1 is 1.43 bits per heavy atom. The van der Waals surface area contributed by atoms with Crippen LogP contribution in [0, 0.1) is 5.92 Å². The lowest BCUT2D eigenvalue weighted by Gasteiger charge is -2.20. The van der Waals surface area contributed by atoms with E-state index in [1.54, 1.807) is 18.9 Å². The van der Waals surface area contributed by atoms with Crippen molar-refractivity contribution in [3.8, 4) is 5.75 Å². The number of ketones is 1. The molecule has 1 fully saturated rings. The molecular formula is C15H15BrO4S. The van der Waals surface area contributed by atoms with Gasteiger partial charge in [0, 0.05) is 17.1 Å². The topological polar surface area (TPSA) is 52.6 Å². The van der Waals surface area contributed by atoms with Crippen LogP contribution in [0.15, 0.2) is 28.2 Å². The summed E-state index contributed by atoms with van der Waals surface area (Å²) in [4.78, 5) is 23.9. The zero-order valence-electron chi connectivity index (χ0n) is 11.7. The monoisotopic (exact) mass is 370 g/mol. The van der Waals surface area contributed by atoms with Crippen molar-refractivity contribution in [2.75, 3.05) is 25.7 Å². The maximum Gasteiger partial charge on any atom is 0.317 e. The number of Topliss-reactive ketones (excluding diaryl/α,β-unsaturated/α-hetero) is 1. The lowest BCUT2D eigenvalue weighted by atomic mass is 9.98. The van der Waals surface area contributed by atoms with Crippen molar-refractivity contribution in [2.24, 2.45) is 5.92 Å². The molecule has 0 radical (unpaired) electrons. The van der Waals surface area contributed by atoms with Crippen LogP contribution in [-0.2, 0) is 14.3 Å². The Balaban J connectivity index is 2.25. The third-order valence-electron chi connectivity index (χ3n) is 3.18. The van der Waals surface area contributed by atoms with E-state index in [1.807, 2.05) is 24.3 Å². The van der Waals surface area contributed by atoms with E-state index in [1.165, 1.54) is 7.11 Å². The molecule has 4 nitrogen and oxygen atoms in total. The summed E-state index contributed by atoms with van der Waals surface area (Å²) in [7, 11) is 2.90. The molecule has 21 heavy (non-hydrogen) atoms. The number of thioether (sulfide) groups is 1. The summed E-state index contributed by atoms with van der Waals surface area (Å²) < 4.78 is 10.7. The number of methoxy groups -OCH3 is 2. The lowest BCUT2D eigenvalue weighted by Crippen LogP contribution is -2.32. The van der Waals surface area contributed by atoms with E-state index in [2.05, 4.69) is 20.7 Å². The lowest BCUT2D eigenvalue weighted by molar-refractivity contribution is -0.147. The summed E-state index contributed by atoms with van der Waals surface area (Å²) in [5.74, 6) is 0.516. The minimum atomic E-state index is -0.693. The second-order valence-electron chi connectivity index (χ2n) is 4.52. The van der Waals surface area contributed by atoms with Crippen LogP contribution >= 0.6 is 27.7 Å². The highest BCUT2D eigenvalue weighted by atomic mass is 79.9. The highest BCUT2D eigenvalue weighted by Crippen LogP contribution is 2.29. The van der Waals surface area contributed by atoms with Gasteiger partial charge in [-0.25, -0.2) is 0 Å². The molecular weight excluding hydrogens is 356 g/mol. The fraction of sp³-hybridized carbons (Fsp3) is 0.333. The number of carbonyl (C=O) groups excluding carboxylic acids is 2. The van der Waals surface area contributed by atoms with Gasteiger partial charge in [0.25, 0.3) is 0 Å². The molecule has 1 heterocycles. The number of ether oxygens (including phenoxy) is 2. The first kappa shape index (κ1) is 16.1. The van der Waals surface area contributed by atoms with E-state index in [9.17, 15) is 9.59 Å². The SMILES string of the molecule is COC(=O)C1CSCC(=Cc2ccc(OC)c(Br)c2)C1=O. The summed E-state index contributed by atoms with van der Waals surface area (Å²) in [6.45, 7) is 0. The quantitative estimate of drug-likeness (QED) is 0.465. The Labute approximate surface area is 136 Å². The molecule has 1 unspecified atom stereocenters. The van der Waals surface area contributed by atoms with Crippen molar-refractivity contribution in [1.82, 2.24) is 0 Å². The highest BCUT2D eigenvalue weighted by Gasteiger charge is 2.33. The molecule has 2 rings (SSSR count). The molecule has 0 amide bonds. The molecule has 1 saturated heterocycles. The Morgan fingerprint density at radius 2 is 2.19 bits per heavy atom. The Hall–Kier alpha value is -1.27. The zero-order valence-corrected chi connectivity index (χ0v) is 14.1. The van der Waals surface area contributed by atoms with Gasteiger partial charge in [0.2, 0.25) is 0 Å². The highest BCUT2D eigenvalue weighted by molar-refractivity contribution is 9.10. The number of carbonyl (C=O) groups is 2. The van der Waals surface area contributed by atoms with Gasteiger partial charge in [0.15, 0.2) is 5.78 Å². The minimum Gasteiger partial charge on any atom is -0.496 e. The number of benzene rings is 1. The molecule has 1 aromatic rings. The molecule has 0 aromatic heterocycles. The van der Waals surface area contributed by atoms with Crippen LogP contribution in [0.4, 0.5) is 0 Å². The van der Waals surface area contributed by atoms with Crippen molar-refractivity contribution in [3.63, 3.8) is 0 Å². The van der Waals surface area contributed by atoms with Crippen LogP contribution in [0.1, 0.15) is 5.56 Å². The first-order chi connectivity index (χ1) is 10.1. The molecule has 6 heteroatoms. The third-order valence-corrected chi connectivity index (χ3v) is 4.88. The Kier molecular flexibility index (Phi) is 5.47. The predicted octanol–water partition coefficient (Wildman–Crippen LogP) is 2.95. The average Bonchev–Trinajstić information content (AvgIpc) is 2.49. The summed E-state index contributed by atoms with van der Waals surface area (Å²) >= 11 is 4.98. The molecule has 112 valence electrons. The van der Waals surface area contributed by atoms with E-state index in [0.717, 1.165) is 15.8 Å². The van der Waals surface area contributed by atoms with Crippen LogP contribution in [0.3, 0.4) is 0 Å². The molecule has 0 bridgehead atoms. The fourth-order valence-corrected chi connectivity index (χ4v) is 3.71. The standard InChI is InChI=1S/C15H15BrO4S/c1-19-13-4-3-9(6-12(13)16)5-10-7-21-8-11(14(10)17)15(18)20-2/h3-6,11H,7-8H2,1-2H3. The Bertz CT molecular complexity index is 597. The van der Waals surface area contributed by atoms with Gasteiger partial charge in [0.1, 0.15) is 11.7 Å². The van der Waals surface area contributed by atoms with Gasteiger partial charge in [-0.2, -0.15) is 11.8 Å². The summed E-state index contributed by atoms with van der Waals surface area (Å²) in [5.41, 5.74) is 1.52. The molecule has 0 saturated carbocycles. The van der Waals surface area contributed by atoms with Gasteiger partial charge in [-0.15, -0.1) is 0 Å². The van der Waals surface area contributed by atoms with Gasteiger partial charge < -0.3 is 9.47 Å². The molecule has 1 aliphatic rings. The molecule has 1 aliphatic heterocycles. The molecule has 0 aliphatic carbocycles. The second-order valence-corrected chi connectivity index (χ2v) is 6.40. The van der Waals surface area contributed by atoms with Crippen molar-refractivity contribution >= 4 is 45.5 Å². The summed E-state index contributed by atoms with van der Waals surface area (Å²) in [6, 6.07) is 5.58. The first-order valence-corrected chi connectivity index (χ1v) is 8.25. The number of hydrogen-bond acceptors (Lipinski definition) is 5. The number of hydrogen-bond donors (Lipinski definition) is 0. The minimum absolute atomic E-state index is 0.146. The zero-order chi connectivity index (χ0) is 15.4. The number of esters is 1. The van der Waals surface area contributed by atoms with Crippen molar-refractivity contribution in [2.45, 2.75) is 0 Å². The van der Waals surface area contributed by atoms with Gasteiger partial charge in [-0.05, 0) is 39.7 Å². The van der Waals surface area contributed by atoms with Crippen LogP contribution in [0.25, 0.3) is 6.08 Å². The van der Waals surface area contributed by atoms with Gasteiger partial charge in [-0.3, -0.25) is 9.59 Å². The van der Waals surface area contributed by atoms with Crippen molar-refractivity contribution in [3.05, 3.63) is 33.8 Å². The van der Waals surface area contributed by atoms with Crippen molar-refractivity contribution in [1.29, 1.82) is 0 Å². The Morgan fingerprint density at radius 3 is 2.81 bits per heavy atom. The number of halogens is 1. The van der Waals surface area contributed by atoms with E-state index in [4.69, 9.17) is 4.74 Å². The molecule has 0 spiro atoms. The van der Waals surface area contributed by atoms with E-state index in [-0.39, 0.29) is 5.78 Å². The fourth-order valence-electron chi connectivity index (χ4n) is 2.06. The van der Waals surface area contributed by atoms with Crippen LogP contribution in [0.5, 0.6) is 5.75 Å². The smallest absolute Gasteiger partial charge is 0.317 e. The van der Waals surface area contributed by atoms with Crippen LogP contribution in [0.2, 0.25) is 0 Å². The van der Waals surface area contributed by atoms with Gasteiger partial charge >= 0.3 is 5.97 Å². The van der Waals surface area contributed by atoms with E-state index >= 15 is 0 Å². The van der Waals surface area contributed by atoms with Crippen LogP contribution < -0.4 is 4.74 Å². The number of rotatable bonds is 3. The average molecular weight is 371 g/mol. The molecule has 1 atom stereocenters. The van der Waals surface area contributed by atoms with Gasteiger partial charge in [-0.1, -0.05) is 6.07 Å². The van der Waals surface area contributed by atoms with Gasteiger partial charge in [0.05, 0.1) is 18.7 Å². The normalized spacial score (nSPS) is 20.4. The second kappa shape index (κ2) is 7.13. The maximum absolute atomic E-state index is 12.3. The molecule has 1 aromatic carbocycles. The van der Waals surface area contributed by atoms with Crippen LogP contribution in [-0.4, -0.2) is 37.5 Å². The third kappa shape index (κ3) is 3.68. The van der Waals surface area contributed by atoms with E-state index < -0.39 is 11.9 Å².